The summed E-state index contributed by atoms with van der Waals surface area (Å²) in [7, 11) is -2.59. The topological polar surface area (TPSA) is 90.3 Å². The van der Waals surface area contributed by atoms with Gasteiger partial charge in [-0.15, -0.1) is 0 Å². The Bertz CT molecular complexity index is 841. The average Bonchev–Trinajstić information content (AvgIpc) is 2.92. The zero-order chi connectivity index (χ0) is 17.9. The number of hydrogen-bond donors (Lipinski definition) is 1. The number of sulfonamides is 1. The minimum Gasteiger partial charge on any atom is -0.465 e. The van der Waals surface area contributed by atoms with E-state index in [9.17, 15) is 13.2 Å². The smallest absolute Gasteiger partial charge is 0.337 e. The number of carbonyl (C=O) groups excluding carboxylic acids is 1. The first-order chi connectivity index (χ1) is 11.2. The number of nitrogens with one attached hydrogen (secondary N) is 1. The van der Waals surface area contributed by atoms with E-state index < -0.39 is 16.0 Å². The molecule has 0 spiro atoms. The van der Waals surface area contributed by atoms with Crippen LogP contribution in [0.15, 0.2) is 35.5 Å². The number of esters is 1. The van der Waals surface area contributed by atoms with Crippen molar-refractivity contribution in [3.8, 4) is 0 Å². The molecule has 1 aromatic heterocycles. The summed E-state index contributed by atoms with van der Waals surface area (Å²) in [5, 5.41) is 4.13. The fourth-order valence-electron chi connectivity index (χ4n) is 2.23. The standard InChI is InChI=1S/C16H21N3O4S/c1-11(2)9-19-10-14(8-17-19)18-24(21,22)15-7-13(16(20)23-4)6-5-12(15)3/h5-8,10-11,18H,9H2,1-4H3. The molecule has 0 atom stereocenters. The quantitative estimate of drug-likeness (QED) is 0.807. The molecule has 0 aliphatic heterocycles. The third kappa shape index (κ3) is 4.14. The van der Waals surface area contributed by atoms with E-state index in [-0.39, 0.29) is 10.5 Å². The van der Waals surface area contributed by atoms with Crippen molar-refractivity contribution < 1.29 is 17.9 Å². The van der Waals surface area contributed by atoms with Gasteiger partial charge in [0.05, 0.1) is 29.5 Å². The SMILES string of the molecule is COC(=O)c1ccc(C)c(S(=O)(=O)Nc2cnn(CC(C)C)c2)c1. The molecule has 0 aliphatic rings. The second kappa shape index (κ2) is 7.04. The Hall–Kier alpha value is -2.35. The van der Waals surface area contributed by atoms with Crippen molar-refractivity contribution >= 4 is 21.7 Å². The van der Waals surface area contributed by atoms with Crippen LogP contribution in [0.3, 0.4) is 0 Å². The maximum absolute atomic E-state index is 12.6. The number of methoxy groups -OCH3 is 1. The van der Waals surface area contributed by atoms with E-state index in [1.165, 1.54) is 25.4 Å². The molecule has 0 aliphatic carbocycles. The van der Waals surface area contributed by atoms with E-state index in [0.29, 0.717) is 23.7 Å². The minimum absolute atomic E-state index is 0.0296. The van der Waals surface area contributed by atoms with Gasteiger partial charge in [0.2, 0.25) is 0 Å². The summed E-state index contributed by atoms with van der Waals surface area (Å²) in [5.74, 6) is -0.190. The highest BCUT2D eigenvalue weighted by Crippen LogP contribution is 2.21. The number of nitrogens with zero attached hydrogens (tertiary/aromatic N) is 2. The summed E-state index contributed by atoms with van der Waals surface area (Å²) < 4.78 is 34.0. The molecular weight excluding hydrogens is 330 g/mol. The molecule has 0 fully saturated rings. The van der Waals surface area contributed by atoms with Crippen LogP contribution in [-0.4, -0.2) is 31.3 Å². The van der Waals surface area contributed by atoms with E-state index in [0.717, 1.165) is 0 Å². The number of ether oxygens (including phenoxy) is 1. The number of aryl methyl sites for hydroxylation is 1. The molecular formula is C16H21N3O4S. The zero-order valence-corrected chi connectivity index (χ0v) is 14.9. The van der Waals surface area contributed by atoms with Crippen LogP contribution in [0.4, 0.5) is 5.69 Å². The molecule has 0 saturated carbocycles. The minimum atomic E-state index is -3.83. The lowest BCUT2D eigenvalue weighted by atomic mass is 10.1. The van der Waals surface area contributed by atoms with Gasteiger partial charge in [0.1, 0.15) is 0 Å². The number of anilines is 1. The Labute approximate surface area is 141 Å². The molecule has 0 saturated heterocycles. The molecule has 1 heterocycles. The van der Waals surface area contributed by atoms with Crippen molar-refractivity contribution in [3.63, 3.8) is 0 Å². The van der Waals surface area contributed by atoms with Gasteiger partial charge < -0.3 is 4.74 Å². The van der Waals surface area contributed by atoms with Gasteiger partial charge in [-0.25, -0.2) is 13.2 Å². The molecule has 0 bridgehead atoms. The number of aromatic nitrogens is 2. The number of hydrogen-bond acceptors (Lipinski definition) is 5. The van der Waals surface area contributed by atoms with Crippen LogP contribution in [0.25, 0.3) is 0 Å². The second-order valence-electron chi connectivity index (χ2n) is 5.92. The summed E-state index contributed by atoms with van der Waals surface area (Å²) >= 11 is 0. The molecule has 2 aromatic rings. The highest BCUT2D eigenvalue weighted by molar-refractivity contribution is 7.92. The van der Waals surface area contributed by atoms with Crippen LogP contribution >= 0.6 is 0 Å². The van der Waals surface area contributed by atoms with Crippen LogP contribution < -0.4 is 4.72 Å². The maximum Gasteiger partial charge on any atom is 0.337 e. The summed E-state index contributed by atoms with van der Waals surface area (Å²) in [6.07, 6.45) is 3.09. The molecule has 0 radical (unpaired) electrons. The first-order valence-electron chi connectivity index (χ1n) is 7.47. The summed E-state index contributed by atoms with van der Waals surface area (Å²) in [6.45, 7) is 6.46. The van der Waals surface area contributed by atoms with E-state index >= 15 is 0 Å². The number of carbonyl (C=O) groups is 1. The third-order valence-electron chi connectivity index (χ3n) is 3.34. The van der Waals surface area contributed by atoms with Crippen molar-refractivity contribution in [3.05, 3.63) is 41.7 Å². The van der Waals surface area contributed by atoms with Crippen LogP contribution in [0, 0.1) is 12.8 Å². The molecule has 0 unspecified atom stereocenters. The van der Waals surface area contributed by atoms with Gasteiger partial charge in [-0.2, -0.15) is 5.10 Å². The molecule has 1 N–H and O–H groups in total. The molecule has 0 amide bonds. The normalized spacial score (nSPS) is 11.5. The fraction of sp³-hybridized carbons (Fsp3) is 0.375. The van der Waals surface area contributed by atoms with E-state index in [1.54, 1.807) is 23.9 Å². The van der Waals surface area contributed by atoms with E-state index in [2.05, 4.69) is 14.6 Å². The monoisotopic (exact) mass is 351 g/mol. The molecule has 130 valence electrons. The van der Waals surface area contributed by atoms with Crippen molar-refractivity contribution in [2.75, 3.05) is 11.8 Å². The van der Waals surface area contributed by atoms with Crippen LogP contribution in [-0.2, 0) is 21.3 Å². The molecule has 24 heavy (non-hydrogen) atoms. The average molecular weight is 351 g/mol. The summed E-state index contributed by atoms with van der Waals surface area (Å²) in [6, 6.07) is 4.41. The predicted octanol–water partition coefficient (Wildman–Crippen LogP) is 2.43. The Kier molecular flexibility index (Phi) is 5.28. The molecule has 1 aromatic carbocycles. The lowest BCUT2D eigenvalue weighted by Gasteiger charge is -2.10. The lowest BCUT2D eigenvalue weighted by Crippen LogP contribution is -2.15. The van der Waals surface area contributed by atoms with Crippen LogP contribution in [0.1, 0.15) is 29.8 Å². The van der Waals surface area contributed by atoms with Gasteiger partial charge in [-0.1, -0.05) is 19.9 Å². The number of rotatable bonds is 6. The van der Waals surface area contributed by atoms with Gasteiger partial charge in [0.15, 0.2) is 0 Å². The lowest BCUT2D eigenvalue weighted by molar-refractivity contribution is 0.0600. The largest absolute Gasteiger partial charge is 0.465 e. The van der Waals surface area contributed by atoms with Gasteiger partial charge in [0, 0.05) is 12.7 Å². The highest BCUT2D eigenvalue weighted by atomic mass is 32.2. The van der Waals surface area contributed by atoms with Crippen molar-refractivity contribution in [1.82, 2.24) is 9.78 Å². The highest BCUT2D eigenvalue weighted by Gasteiger charge is 2.20. The first kappa shape index (κ1) is 18.0. The fourth-order valence-corrected chi connectivity index (χ4v) is 3.53. The van der Waals surface area contributed by atoms with Crippen molar-refractivity contribution in [1.29, 1.82) is 0 Å². The zero-order valence-electron chi connectivity index (χ0n) is 14.1. The van der Waals surface area contributed by atoms with Crippen LogP contribution in [0.5, 0.6) is 0 Å². The van der Waals surface area contributed by atoms with Gasteiger partial charge in [-0.3, -0.25) is 9.40 Å². The van der Waals surface area contributed by atoms with Crippen LogP contribution in [0.2, 0.25) is 0 Å². The molecule has 7 nitrogen and oxygen atoms in total. The van der Waals surface area contributed by atoms with Gasteiger partial charge in [-0.05, 0) is 30.5 Å². The summed E-state index contributed by atoms with van der Waals surface area (Å²) in [4.78, 5) is 11.6. The van der Waals surface area contributed by atoms with E-state index in [4.69, 9.17) is 0 Å². The third-order valence-corrected chi connectivity index (χ3v) is 4.86. The van der Waals surface area contributed by atoms with Gasteiger partial charge >= 0.3 is 5.97 Å². The summed E-state index contributed by atoms with van der Waals surface area (Å²) in [5.41, 5.74) is 1.09. The van der Waals surface area contributed by atoms with Crippen molar-refractivity contribution in [2.24, 2.45) is 5.92 Å². The van der Waals surface area contributed by atoms with E-state index in [1.807, 2.05) is 13.8 Å². The maximum atomic E-state index is 12.6. The molecule has 2 rings (SSSR count). The Balaban J connectivity index is 2.30. The second-order valence-corrected chi connectivity index (χ2v) is 7.57. The Morgan fingerprint density at radius 3 is 2.71 bits per heavy atom. The van der Waals surface area contributed by atoms with Crippen molar-refractivity contribution in [2.45, 2.75) is 32.2 Å². The Morgan fingerprint density at radius 2 is 2.08 bits per heavy atom. The first-order valence-corrected chi connectivity index (χ1v) is 8.95. The predicted molar refractivity (Wildman–Crippen MR) is 90.4 cm³/mol. The van der Waals surface area contributed by atoms with Gasteiger partial charge in [0.25, 0.3) is 10.0 Å². The Morgan fingerprint density at radius 1 is 1.38 bits per heavy atom. The number of benzene rings is 1. The molecule has 8 heteroatoms.